The highest BCUT2D eigenvalue weighted by atomic mass is 19.4. The monoisotopic (exact) mass is 557 g/mol. The van der Waals surface area contributed by atoms with E-state index in [1.165, 1.54) is 21.9 Å². The van der Waals surface area contributed by atoms with Gasteiger partial charge in [-0.15, -0.1) is 10.2 Å². The van der Waals surface area contributed by atoms with Crippen molar-refractivity contribution in [2.45, 2.75) is 69.0 Å². The lowest BCUT2D eigenvalue weighted by molar-refractivity contribution is -0.138. The van der Waals surface area contributed by atoms with E-state index in [4.69, 9.17) is 4.74 Å². The molecule has 7 nitrogen and oxygen atoms in total. The van der Waals surface area contributed by atoms with E-state index in [1.807, 2.05) is 6.92 Å². The summed E-state index contributed by atoms with van der Waals surface area (Å²) in [5.41, 5.74) is -0.545. The maximum Gasteiger partial charge on any atom is 0.416 e. The molecule has 3 aromatic rings. The number of rotatable bonds is 7. The molecule has 3 aliphatic rings. The Kier molecular flexibility index (Phi) is 6.30. The molecule has 1 saturated carbocycles. The van der Waals surface area contributed by atoms with Crippen molar-refractivity contribution in [1.82, 2.24) is 20.1 Å². The Bertz CT molecular complexity index is 1460. The average molecular weight is 558 g/mol. The summed E-state index contributed by atoms with van der Waals surface area (Å²) in [5.74, 6) is -0.357. The minimum Gasteiger partial charge on any atom is -0.379 e. The Labute approximate surface area is 229 Å². The number of halogens is 4. The van der Waals surface area contributed by atoms with Crippen LogP contribution in [0.2, 0.25) is 0 Å². The minimum absolute atomic E-state index is 0.0437. The number of aryl methyl sites for hydroxylation is 1. The van der Waals surface area contributed by atoms with Crippen LogP contribution in [-0.2, 0) is 29.9 Å². The highest BCUT2D eigenvalue weighted by Crippen LogP contribution is 2.47. The number of aromatic nitrogens is 3. The number of benzene rings is 2. The number of alkyl halides is 4. The second-order valence-electron chi connectivity index (χ2n) is 11.6. The lowest BCUT2D eigenvalue weighted by atomic mass is 9.74. The number of nitrogens with zero attached hydrogens (tertiary/aromatic N) is 4. The molecule has 0 radical (unpaired) electrons. The van der Waals surface area contributed by atoms with E-state index in [-0.39, 0.29) is 48.3 Å². The summed E-state index contributed by atoms with van der Waals surface area (Å²) in [5, 5.41) is 11.1. The molecule has 6 rings (SSSR count). The van der Waals surface area contributed by atoms with Crippen molar-refractivity contribution in [3.05, 3.63) is 76.4 Å². The fourth-order valence-electron chi connectivity index (χ4n) is 6.13. The Hall–Kier alpha value is -3.31. The number of hydrogen-bond acceptors (Lipinski definition) is 5. The van der Waals surface area contributed by atoms with Crippen LogP contribution >= 0.6 is 0 Å². The summed E-state index contributed by atoms with van der Waals surface area (Å²) in [6.07, 6.45) is -1.73. The van der Waals surface area contributed by atoms with Crippen molar-refractivity contribution >= 4 is 11.6 Å². The molecule has 40 heavy (non-hydrogen) atoms. The Morgan fingerprint density at radius 1 is 1.15 bits per heavy atom. The molecule has 2 aromatic carbocycles. The van der Waals surface area contributed by atoms with E-state index in [2.05, 4.69) is 22.4 Å². The largest absolute Gasteiger partial charge is 0.416 e. The van der Waals surface area contributed by atoms with Gasteiger partial charge in [0.1, 0.15) is 6.33 Å². The van der Waals surface area contributed by atoms with Crippen molar-refractivity contribution in [3.8, 4) is 0 Å². The zero-order chi connectivity index (χ0) is 28.4. The standard InChI is InChI=1S/C29H31F4N5O2/c1-17(35-27(2)8-5-9-27)18-10-21-22(23(11-18)29(31,32)33)13-38(26(21)39)20-7-4-6-19(12-20)28(14-40-15-28)24(30)25-36-34-16-37(25)3/h4,6-7,10-12,16-17,24,35H,5,8-9,13-15H2,1-3H3/t17-,24+/m1/s1. The number of carbonyl (C=O) groups is 1. The molecule has 1 saturated heterocycles. The van der Waals surface area contributed by atoms with Gasteiger partial charge in [0.25, 0.3) is 5.91 Å². The van der Waals surface area contributed by atoms with Gasteiger partial charge in [0.15, 0.2) is 12.0 Å². The van der Waals surface area contributed by atoms with Gasteiger partial charge in [-0.1, -0.05) is 12.1 Å². The van der Waals surface area contributed by atoms with Crippen LogP contribution in [0.15, 0.2) is 42.7 Å². The third-order valence-electron chi connectivity index (χ3n) is 8.80. The Balaban J connectivity index is 1.34. The summed E-state index contributed by atoms with van der Waals surface area (Å²) in [6, 6.07) is 9.16. The molecule has 1 aromatic heterocycles. The predicted molar refractivity (Wildman–Crippen MR) is 140 cm³/mol. The lowest BCUT2D eigenvalue weighted by Gasteiger charge is -2.43. The van der Waals surface area contributed by atoms with Crippen LogP contribution in [0, 0.1) is 0 Å². The fraction of sp³-hybridized carbons (Fsp3) is 0.483. The topological polar surface area (TPSA) is 72.3 Å². The predicted octanol–water partition coefficient (Wildman–Crippen LogP) is 5.57. The van der Waals surface area contributed by atoms with Crippen molar-refractivity contribution in [1.29, 1.82) is 0 Å². The number of fused-ring (bicyclic) bond motifs is 1. The molecule has 3 heterocycles. The molecule has 0 spiro atoms. The molecular weight excluding hydrogens is 526 g/mol. The second kappa shape index (κ2) is 9.37. The molecule has 1 amide bonds. The third kappa shape index (κ3) is 4.30. The van der Waals surface area contributed by atoms with Gasteiger partial charge in [-0.3, -0.25) is 4.79 Å². The molecule has 2 fully saturated rings. The summed E-state index contributed by atoms with van der Waals surface area (Å²) >= 11 is 0. The van der Waals surface area contributed by atoms with Gasteiger partial charge in [0.2, 0.25) is 0 Å². The van der Waals surface area contributed by atoms with Crippen LogP contribution in [0.5, 0.6) is 0 Å². The van der Waals surface area contributed by atoms with Gasteiger partial charge in [0, 0.05) is 29.9 Å². The average Bonchev–Trinajstić information content (AvgIpc) is 3.44. The number of ether oxygens (including phenoxy) is 1. The minimum atomic E-state index is -4.62. The molecule has 0 bridgehead atoms. The smallest absolute Gasteiger partial charge is 0.379 e. The maximum absolute atomic E-state index is 15.9. The van der Waals surface area contributed by atoms with Gasteiger partial charge in [-0.25, -0.2) is 4.39 Å². The molecule has 1 aliphatic carbocycles. The van der Waals surface area contributed by atoms with Gasteiger partial charge in [-0.05, 0) is 74.1 Å². The molecule has 0 unspecified atom stereocenters. The SMILES string of the molecule is C[C@@H](NC1(C)CCC1)c1cc2c(c(C(F)(F)F)c1)CN(c1cccc(C3([C@@H](F)c4nncn4C)COC3)c1)C2=O. The van der Waals surface area contributed by atoms with Crippen LogP contribution < -0.4 is 10.2 Å². The van der Waals surface area contributed by atoms with Crippen LogP contribution in [0.25, 0.3) is 0 Å². The number of carbonyl (C=O) groups excluding carboxylic acids is 1. The van der Waals surface area contributed by atoms with Crippen molar-refractivity contribution in [2.75, 3.05) is 18.1 Å². The first-order valence-corrected chi connectivity index (χ1v) is 13.4. The summed E-state index contributed by atoms with van der Waals surface area (Å²) in [6.45, 7) is 3.88. The molecule has 2 aliphatic heterocycles. The van der Waals surface area contributed by atoms with Gasteiger partial charge < -0.3 is 19.5 Å². The van der Waals surface area contributed by atoms with Crippen LogP contribution in [0.1, 0.15) is 83.8 Å². The first-order valence-electron chi connectivity index (χ1n) is 13.4. The van der Waals surface area contributed by atoms with E-state index < -0.39 is 29.2 Å². The quantitative estimate of drug-likeness (QED) is 0.385. The number of hydrogen-bond donors (Lipinski definition) is 1. The molecule has 11 heteroatoms. The second-order valence-corrected chi connectivity index (χ2v) is 11.6. The first kappa shape index (κ1) is 26.9. The van der Waals surface area contributed by atoms with E-state index >= 15 is 4.39 Å². The highest BCUT2D eigenvalue weighted by Gasteiger charge is 2.51. The summed E-state index contributed by atoms with van der Waals surface area (Å²) in [7, 11) is 1.65. The van der Waals surface area contributed by atoms with Gasteiger partial charge >= 0.3 is 6.18 Å². The van der Waals surface area contributed by atoms with E-state index in [1.54, 1.807) is 37.4 Å². The van der Waals surface area contributed by atoms with E-state index in [0.717, 1.165) is 19.3 Å². The highest BCUT2D eigenvalue weighted by molar-refractivity contribution is 6.10. The van der Waals surface area contributed by atoms with Crippen LogP contribution in [-0.4, -0.2) is 39.4 Å². The molecular formula is C29H31F4N5O2. The number of nitrogens with one attached hydrogen (secondary N) is 1. The van der Waals surface area contributed by atoms with Gasteiger partial charge in [-0.2, -0.15) is 13.2 Å². The third-order valence-corrected chi connectivity index (χ3v) is 8.80. The fourth-order valence-corrected chi connectivity index (χ4v) is 6.13. The molecule has 212 valence electrons. The van der Waals surface area contributed by atoms with Crippen molar-refractivity contribution in [3.63, 3.8) is 0 Å². The Morgan fingerprint density at radius 3 is 2.48 bits per heavy atom. The van der Waals surface area contributed by atoms with Gasteiger partial charge in [0.05, 0.1) is 30.7 Å². The summed E-state index contributed by atoms with van der Waals surface area (Å²) in [4.78, 5) is 15.0. The Morgan fingerprint density at radius 2 is 1.90 bits per heavy atom. The van der Waals surface area contributed by atoms with Crippen LogP contribution in [0.3, 0.4) is 0 Å². The number of anilines is 1. The first-order chi connectivity index (χ1) is 18.9. The van der Waals surface area contributed by atoms with Crippen molar-refractivity contribution < 1.29 is 27.1 Å². The normalized spacial score (nSPS) is 21.0. The van der Waals surface area contributed by atoms with E-state index in [0.29, 0.717) is 16.8 Å². The van der Waals surface area contributed by atoms with Crippen LogP contribution in [0.4, 0.5) is 23.2 Å². The molecule has 2 atom stereocenters. The lowest BCUT2D eigenvalue weighted by Crippen LogP contribution is -2.50. The zero-order valence-corrected chi connectivity index (χ0v) is 22.6. The number of amides is 1. The zero-order valence-electron chi connectivity index (χ0n) is 22.6. The summed E-state index contributed by atoms with van der Waals surface area (Å²) < 4.78 is 65.6. The maximum atomic E-state index is 15.9. The van der Waals surface area contributed by atoms with E-state index in [9.17, 15) is 18.0 Å². The van der Waals surface area contributed by atoms with Crippen molar-refractivity contribution in [2.24, 2.45) is 7.05 Å². The molecule has 1 N–H and O–H groups in total.